The minimum absolute atomic E-state index is 0.778. The standard InChI is InChI=1S/C13H16BrN3S/c1-3-17-11(6-9(2)16-17)8-18-13-5-4-10(15)7-12(13)14/h4-7H,3,8,15H2,1-2H3. The average molecular weight is 326 g/mol. The van der Waals surface area contributed by atoms with Crippen molar-refractivity contribution >= 4 is 33.4 Å². The number of hydrogen-bond acceptors (Lipinski definition) is 3. The second kappa shape index (κ2) is 5.80. The predicted molar refractivity (Wildman–Crippen MR) is 80.8 cm³/mol. The molecule has 0 spiro atoms. The van der Waals surface area contributed by atoms with E-state index in [9.17, 15) is 0 Å². The van der Waals surface area contributed by atoms with Crippen LogP contribution >= 0.6 is 27.7 Å². The van der Waals surface area contributed by atoms with Crippen LogP contribution in [0.15, 0.2) is 33.6 Å². The van der Waals surface area contributed by atoms with Gasteiger partial charge in [0.2, 0.25) is 0 Å². The van der Waals surface area contributed by atoms with Gasteiger partial charge < -0.3 is 5.73 Å². The molecule has 96 valence electrons. The summed E-state index contributed by atoms with van der Waals surface area (Å²) in [5, 5.41) is 4.45. The molecule has 3 nitrogen and oxygen atoms in total. The van der Waals surface area contributed by atoms with E-state index < -0.39 is 0 Å². The van der Waals surface area contributed by atoms with E-state index in [0.29, 0.717) is 0 Å². The smallest absolute Gasteiger partial charge is 0.0596 e. The van der Waals surface area contributed by atoms with Crippen LogP contribution in [-0.4, -0.2) is 9.78 Å². The summed E-state index contributed by atoms with van der Waals surface area (Å²) >= 11 is 5.33. The van der Waals surface area contributed by atoms with Gasteiger partial charge in [-0.2, -0.15) is 5.10 Å². The highest BCUT2D eigenvalue weighted by Crippen LogP contribution is 2.31. The number of aromatic nitrogens is 2. The van der Waals surface area contributed by atoms with E-state index in [1.165, 1.54) is 10.6 Å². The van der Waals surface area contributed by atoms with Crippen molar-refractivity contribution in [3.8, 4) is 0 Å². The third kappa shape index (κ3) is 3.09. The van der Waals surface area contributed by atoms with Crippen LogP contribution in [0.25, 0.3) is 0 Å². The molecule has 1 heterocycles. The van der Waals surface area contributed by atoms with Crippen molar-refractivity contribution in [1.82, 2.24) is 9.78 Å². The molecule has 0 saturated carbocycles. The van der Waals surface area contributed by atoms with Gasteiger partial charge in [-0.05, 0) is 54.0 Å². The average Bonchev–Trinajstić information content (AvgIpc) is 2.68. The summed E-state index contributed by atoms with van der Waals surface area (Å²) < 4.78 is 3.10. The Balaban J connectivity index is 2.11. The molecule has 0 fully saturated rings. The van der Waals surface area contributed by atoms with E-state index in [-0.39, 0.29) is 0 Å². The molecule has 0 atom stereocenters. The molecule has 18 heavy (non-hydrogen) atoms. The van der Waals surface area contributed by atoms with Gasteiger partial charge in [-0.25, -0.2) is 0 Å². The van der Waals surface area contributed by atoms with Gasteiger partial charge in [0, 0.05) is 33.0 Å². The summed E-state index contributed by atoms with van der Waals surface area (Å²) in [4.78, 5) is 1.20. The van der Waals surface area contributed by atoms with E-state index >= 15 is 0 Å². The van der Waals surface area contributed by atoms with E-state index in [4.69, 9.17) is 5.73 Å². The van der Waals surface area contributed by atoms with Crippen molar-refractivity contribution in [3.63, 3.8) is 0 Å². The minimum atomic E-state index is 0.778. The Kier molecular flexibility index (Phi) is 4.35. The Labute approximate surface area is 120 Å². The summed E-state index contributed by atoms with van der Waals surface area (Å²) in [6.07, 6.45) is 0. The van der Waals surface area contributed by atoms with Gasteiger partial charge in [-0.15, -0.1) is 11.8 Å². The van der Waals surface area contributed by atoms with Crippen molar-refractivity contribution in [2.45, 2.75) is 31.0 Å². The van der Waals surface area contributed by atoms with Gasteiger partial charge in [0.05, 0.1) is 5.69 Å². The Morgan fingerprint density at radius 3 is 2.83 bits per heavy atom. The van der Waals surface area contributed by atoms with Crippen molar-refractivity contribution in [3.05, 3.63) is 40.1 Å². The molecule has 2 N–H and O–H groups in total. The molecule has 0 bridgehead atoms. The maximum Gasteiger partial charge on any atom is 0.0596 e. The molecular formula is C13H16BrN3S. The number of nitrogens with two attached hydrogens (primary N) is 1. The molecule has 0 aliphatic carbocycles. The van der Waals surface area contributed by atoms with Crippen LogP contribution in [-0.2, 0) is 12.3 Å². The van der Waals surface area contributed by atoms with Crippen LogP contribution in [0.4, 0.5) is 5.69 Å². The number of nitrogens with zero attached hydrogens (tertiary/aromatic N) is 2. The first kappa shape index (κ1) is 13.5. The number of hydrogen-bond donors (Lipinski definition) is 1. The number of aryl methyl sites for hydroxylation is 2. The molecule has 2 rings (SSSR count). The van der Waals surface area contributed by atoms with Gasteiger partial charge in [-0.3, -0.25) is 4.68 Å². The zero-order valence-electron chi connectivity index (χ0n) is 10.5. The Hall–Kier alpha value is -0.940. The molecule has 0 aliphatic rings. The molecule has 0 saturated heterocycles. The van der Waals surface area contributed by atoms with Crippen molar-refractivity contribution in [1.29, 1.82) is 0 Å². The van der Waals surface area contributed by atoms with E-state index in [1.807, 2.05) is 29.8 Å². The van der Waals surface area contributed by atoms with Crippen LogP contribution < -0.4 is 5.73 Å². The third-order valence-electron chi connectivity index (χ3n) is 2.62. The Bertz CT molecular complexity index is 551. The van der Waals surface area contributed by atoms with Crippen LogP contribution in [0.1, 0.15) is 18.3 Å². The predicted octanol–water partition coefficient (Wildman–Crippen LogP) is 3.85. The quantitative estimate of drug-likeness (QED) is 0.686. The summed E-state index contributed by atoms with van der Waals surface area (Å²) in [5.41, 5.74) is 8.84. The topological polar surface area (TPSA) is 43.8 Å². The Morgan fingerprint density at radius 2 is 2.17 bits per heavy atom. The highest BCUT2D eigenvalue weighted by Gasteiger charge is 2.06. The fourth-order valence-electron chi connectivity index (χ4n) is 1.77. The monoisotopic (exact) mass is 325 g/mol. The molecule has 5 heteroatoms. The van der Waals surface area contributed by atoms with Crippen molar-refractivity contribution in [2.75, 3.05) is 5.73 Å². The number of anilines is 1. The highest BCUT2D eigenvalue weighted by atomic mass is 79.9. The normalized spacial score (nSPS) is 10.8. The molecule has 2 aromatic rings. The second-order valence-corrected chi connectivity index (χ2v) is 5.94. The summed E-state index contributed by atoms with van der Waals surface area (Å²) in [5.74, 6) is 0.914. The first-order chi connectivity index (χ1) is 8.60. The lowest BCUT2D eigenvalue weighted by molar-refractivity contribution is 0.632. The fourth-order valence-corrected chi connectivity index (χ4v) is 3.41. The van der Waals surface area contributed by atoms with E-state index in [1.54, 1.807) is 11.8 Å². The zero-order valence-corrected chi connectivity index (χ0v) is 12.9. The van der Waals surface area contributed by atoms with Gasteiger partial charge in [0.15, 0.2) is 0 Å². The molecule has 1 aromatic heterocycles. The summed E-state index contributed by atoms with van der Waals surface area (Å²) in [6, 6.07) is 8.05. The minimum Gasteiger partial charge on any atom is -0.399 e. The number of nitrogen functional groups attached to an aromatic ring is 1. The van der Waals surface area contributed by atoms with Crippen molar-refractivity contribution in [2.24, 2.45) is 0 Å². The lowest BCUT2D eigenvalue weighted by atomic mass is 10.3. The van der Waals surface area contributed by atoms with Crippen LogP contribution in [0.5, 0.6) is 0 Å². The number of halogens is 1. The largest absolute Gasteiger partial charge is 0.399 e. The maximum absolute atomic E-state index is 5.73. The van der Waals surface area contributed by atoms with Crippen LogP contribution in [0, 0.1) is 6.92 Å². The maximum atomic E-state index is 5.73. The number of benzene rings is 1. The first-order valence-corrected chi connectivity index (χ1v) is 7.59. The molecule has 0 aliphatic heterocycles. The molecule has 0 amide bonds. The number of thioether (sulfide) groups is 1. The molecule has 0 radical (unpaired) electrons. The zero-order chi connectivity index (χ0) is 13.1. The first-order valence-electron chi connectivity index (χ1n) is 5.81. The van der Waals surface area contributed by atoms with Gasteiger partial charge in [0.1, 0.15) is 0 Å². The molecule has 1 aromatic carbocycles. The third-order valence-corrected chi connectivity index (χ3v) is 4.64. The van der Waals surface area contributed by atoms with Crippen molar-refractivity contribution < 1.29 is 0 Å². The Morgan fingerprint density at radius 1 is 1.39 bits per heavy atom. The lowest BCUT2D eigenvalue weighted by Crippen LogP contribution is -2.01. The van der Waals surface area contributed by atoms with Crippen LogP contribution in [0.3, 0.4) is 0 Å². The highest BCUT2D eigenvalue weighted by molar-refractivity contribution is 9.10. The second-order valence-electron chi connectivity index (χ2n) is 4.07. The van der Waals surface area contributed by atoms with Gasteiger partial charge in [-0.1, -0.05) is 0 Å². The fraction of sp³-hybridized carbons (Fsp3) is 0.308. The van der Waals surface area contributed by atoms with Crippen LogP contribution in [0.2, 0.25) is 0 Å². The van der Waals surface area contributed by atoms with E-state index in [2.05, 4.69) is 34.0 Å². The van der Waals surface area contributed by atoms with Gasteiger partial charge in [0.25, 0.3) is 0 Å². The summed E-state index contributed by atoms with van der Waals surface area (Å²) in [6.45, 7) is 5.05. The van der Waals surface area contributed by atoms with E-state index in [0.717, 1.165) is 28.2 Å². The SMILES string of the molecule is CCn1nc(C)cc1CSc1ccc(N)cc1Br. The lowest BCUT2D eigenvalue weighted by Gasteiger charge is -2.06. The van der Waals surface area contributed by atoms with Gasteiger partial charge >= 0.3 is 0 Å². The molecular weight excluding hydrogens is 310 g/mol. The summed E-state index contributed by atoms with van der Waals surface area (Å²) in [7, 11) is 0. The molecule has 0 unspecified atom stereocenters. The number of rotatable bonds is 4.